The molecule has 0 bridgehead atoms. The molecule has 124 valence electrons. The summed E-state index contributed by atoms with van der Waals surface area (Å²) >= 11 is 0. The van der Waals surface area contributed by atoms with Crippen LogP contribution in [0.15, 0.2) is 0 Å². The molecule has 21 heavy (non-hydrogen) atoms. The van der Waals surface area contributed by atoms with Gasteiger partial charge in [0.15, 0.2) is 0 Å². The topological polar surface area (TPSA) is 58.6 Å². The summed E-state index contributed by atoms with van der Waals surface area (Å²) in [6.45, 7) is 13.0. The highest BCUT2D eigenvalue weighted by Crippen LogP contribution is 2.39. The standard InChI is InChI=1S/C17H33NO3/c1-12(2)18-17(6,15(19)20)7-8-21-14-9-13(3)10-16(4,5)11-14/h12-14,18H,7-11H2,1-6H3,(H,19,20). The Morgan fingerprint density at radius 2 is 2.05 bits per heavy atom. The van der Waals surface area contributed by atoms with Gasteiger partial charge in [-0.2, -0.15) is 0 Å². The molecule has 4 heteroatoms. The Hall–Kier alpha value is -0.610. The van der Waals surface area contributed by atoms with E-state index in [4.69, 9.17) is 4.74 Å². The van der Waals surface area contributed by atoms with Gasteiger partial charge in [0.25, 0.3) is 0 Å². The van der Waals surface area contributed by atoms with Crippen molar-refractivity contribution < 1.29 is 14.6 Å². The molecule has 0 saturated heterocycles. The molecule has 0 aromatic rings. The first-order chi connectivity index (χ1) is 9.54. The Kier molecular flexibility index (Phi) is 6.23. The number of carboxylic acids is 1. The van der Waals surface area contributed by atoms with Gasteiger partial charge in [-0.3, -0.25) is 10.1 Å². The van der Waals surface area contributed by atoms with Crippen molar-refractivity contribution in [1.29, 1.82) is 0 Å². The van der Waals surface area contributed by atoms with E-state index in [0.29, 0.717) is 24.4 Å². The number of ether oxygens (including phenoxy) is 1. The van der Waals surface area contributed by atoms with Crippen LogP contribution in [0.3, 0.4) is 0 Å². The van der Waals surface area contributed by atoms with Crippen molar-refractivity contribution in [3.8, 4) is 0 Å². The zero-order valence-electron chi connectivity index (χ0n) is 14.5. The first-order valence-electron chi connectivity index (χ1n) is 8.17. The smallest absolute Gasteiger partial charge is 0.323 e. The Morgan fingerprint density at radius 1 is 1.43 bits per heavy atom. The maximum absolute atomic E-state index is 11.5. The van der Waals surface area contributed by atoms with Crippen LogP contribution in [0.2, 0.25) is 0 Å². The van der Waals surface area contributed by atoms with Gasteiger partial charge in [0.2, 0.25) is 0 Å². The van der Waals surface area contributed by atoms with Crippen LogP contribution < -0.4 is 5.32 Å². The van der Waals surface area contributed by atoms with E-state index in [1.165, 1.54) is 6.42 Å². The molecule has 1 aliphatic carbocycles. The van der Waals surface area contributed by atoms with Crippen molar-refractivity contribution in [1.82, 2.24) is 5.32 Å². The number of carbonyl (C=O) groups is 1. The van der Waals surface area contributed by atoms with Gasteiger partial charge in [0.05, 0.1) is 6.10 Å². The number of aliphatic carboxylic acids is 1. The predicted molar refractivity (Wildman–Crippen MR) is 85.5 cm³/mol. The summed E-state index contributed by atoms with van der Waals surface area (Å²) in [5.41, 5.74) is -0.585. The Labute approximate surface area is 129 Å². The minimum absolute atomic E-state index is 0.139. The average Bonchev–Trinajstić information content (AvgIpc) is 2.24. The SMILES string of the molecule is CC1CC(OCCC(C)(NC(C)C)C(=O)O)CC(C)(C)C1. The third-order valence-electron chi connectivity index (χ3n) is 4.38. The Balaban J connectivity index is 2.49. The minimum atomic E-state index is -0.913. The molecule has 1 aliphatic rings. The molecule has 3 unspecified atom stereocenters. The highest BCUT2D eigenvalue weighted by atomic mass is 16.5. The van der Waals surface area contributed by atoms with Crippen LogP contribution in [0.25, 0.3) is 0 Å². The van der Waals surface area contributed by atoms with Crippen LogP contribution >= 0.6 is 0 Å². The van der Waals surface area contributed by atoms with E-state index in [2.05, 4.69) is 26.1 Å². The van der Waals surface area contributed by atoms with Crippen LogP contribution in [0, 0.1) is 11.3 Å². The van der Waals surface area contributed by atoms with Crippen LogP contribution in [0.1, 0.15) is 67.2 Å². The fraction of sp³-hybridized carbons (Fsp3) is 0.941. The van der Waals surface area contributed by atoms with E-state index in [-0.39, 0.29) is 12.1 Å². The maximum Gasteiger partial charge on any atom is 0.323 e. The first-order valence-corrected chi connectivity index (χ1v) is 8.17. The van der Waals surface area contributed by atoms with Crippen molar-refractivity contribution in [2.45, 2.75) is 84.9 Å². The van der Waals surface area contributed by atoms with Gasteiger partial charge in [-0.05, 0) is 57.8 Å². The molecule has 1 fully saturated rings. The van der Waals surface area contributed by atoms with Crippen LogP contribution in [0.5, 0.6) is 0 Å². The van der Waals surface area contributed by atoms with Crippen molar-refractivity contribution in [2.24, 2.45) is 11.3 Å². The summed E-state index contributed by atoms with van der Waals surface area (Å²) in [6.07, 6.45) is 4.16. The number of carboxylic acid groups (broad SMARTS) is 1. The van der Waals surface area contributed by atoms with Gasteiger partial charge in [-0.15, -0.1) is 0 Å². The lowest BCUT2D eigenvalue weighted by Gasteiger charge is -2.39. The molecule has 0 radical (unpaired) electrons. The third-order valence-corrected chi connectivity index (χ3v) is 4.38. The first kappa shape index (κ1) is 18.4. The van der Waals surface area contributed by atoms with E-state index in [9.17, 15) is 9.90 Å². The Bertz CT molecular complexity index is 354. The highest BCUT2D eigenvalue weighted by molar-refractivity contribution is 5.78. The quantitative estimate of drug-likeness (QED) is 0.756. The number of rotatable bonds is 7. The van der Waals surface area contributed by atoms with Gasteiger partial charge in [0.1, 0.15) is 5.54 Å². The predicted octanol–water partition coefficient (Wildman–Crippen LogP) is 3.45. The van der Waals surface area contributed by atoms with Gasteiger partial charge >= 0.3 is 5.97 Å². The Morgan fingerprint density at radius 3 is 2.52 bits per heavy atom. The number of hydrogen-bond acceptors (Lipinski definition) is 3. The summed E-state index contributed by atoms with van der Waals surface area (Å²) in [5, 5.41) is 12.6. The second-order valence-corrected chi connectivity index (χ2v) is 8.09. The van der Waals surface area contributed by atoms with Crippen molar-refractivity contribution in [3.05, 3.63) is 0 Å². The molecule has 2 N–H and O–H groups in total. The van der Waals surface area contributed by atoms with Crippen LogP contribution in [-0.2, 0) is 9.53 Å². The molecule has 0 aromatic carbocycles. The summed E-state index contributed by atoms with van der Waals surface area (Å²) in [6, 6.07) is 0.139. The van der Waals surface area contributed by atoms with Gasteiger partial charge in [-0.25, -0.2) is 0 Å². The van der Waals surface area contributed by atoms with Crippen molar-refractivity contribution in [2.75, 3.05) is 6.61 Å². The molecule has 1 rings (SSSR count). The van der Waals surface area contributed by atoms with Gasteiger partial charge in [0, 0.05) is 12.6 Å². The lowest BCUT2D eigenvalue weighted by molar-refractivity contribution is -0.146. The number of hydrogen-bond donors (Lipinski definition) is 2. The van der Waals surface area contributed by atoms with Gasteiger partial charge < -0.3 is 9.84 Å². The fourth-order valence-corrected chi connectivity index (χ4v) is 3.69. The number of nitrogens with one attached hydrogen (secondary N) is 1. The van der Waals surface area contributed by atoms with Crippen molar-refractivity contribution in [3.63, 3.8) is 0 Å². The van der Waals surface area contributed by atoms with E-state index < -0.39 is 11.5 Å². The molecule has 4 nitrogen and oxygen atoms in total. The van der Waals surface area contributed by atoms with Crippen LogP contribution in [0.4, 0.5) is 0 Å². The van der Waals surface area contributed by atoms with Gasteiger partial charge in [-0.1, -0.05) is 20.8 Å². The molecule has 1 saturated carbocycles. The van der Waals surface area contributed by atoms with E-state index in [0.717, 1.165) is 12.8 Å². The molecule has 0 spiro atoms. The highest BCUT2D eigenvalue weighted by Gasteiger charge is 2.35. The lowest BCUT2D eigenvalue weighted by atomic mass is 9.71. The summed E-state index contributed by atoms with van der Waals surface area (Å²) in [4.78, 5) is 11.5. The lowest BCUT2D eigenvalue weighted by Crippen LogP contribution is -2.53. The molecular formula is C17H33NO3. The monoisotopic (exact) mass is 299 g/mol. The van der Waals surface area contributed by atoms with E-state index >= 15 is 0 Å². The van der Waals surface area contributed by atoms with Crippen LogP contribution in [-0.4, -0.2) is 35.4 Å². The fourth-order valence-electron chi connectivity index (χ4n) is 3.69. The maximum atomic E-state index is 11.5. The largest absolute Gasteiger partial charge is 0.480 e. The summed E-state index contributed by atoms with van der Waals surface area (Å²) < 4.78 is 6.01. The minimum Gasteiger partial charge on any atom is -0.480 e. The molecule has 0 aliphatic heterocycles. The molecule has 0 aromatic heterocycles. The van der Waals surface area contributed by atoms with E-state index in [1.54, 1.807) is 6.92 Å². The molecule has 0 amide bonds. The molecule has 3 atom stereocenters. The van der Waals surface area contributed by atoms with E-state index in [1.807, 2.05) is 13.8 Å². The summed E-state index contributed by atoms with van der Waals surface area (Å²) in [5.74, 6) is -0.129. The van der Waals surface area contributed by atoms with Crippen molar-refractivity contribution >= 4 is 5.97 Å². The average molecular weight is 299 g/mol. The summed E-state index contributed by atoms with van der Waals surface area (Å²) in [7, 11) is 0. The second-order valence-electron chi connectivity index (χ2n) is 8.09. The zero-order chi connectivity index (χ0) is 16.3. The molecule has 0 heterocycles. The zero-order valence-corrected chi connectivity index (χ0v) is 14.5. The second kappa shape index (κ2) is 7.10. The molecular weight excluding hydrogens is 266 g/mol. The third kappa shape index (κ3) is 5.95. The normalized spacial score (nSPS) is 28.3.